The number of piperazine rings is 1. The Kier molecular flexibility index (Phi) is 6.99. The van der Waals surface area contributed by atoms with Crippen LogP contribution in [0.5, 0.6) is 5.75 Å². The summed E-state index contributed by atoms with van der Waals surface area (Å²) < 4.78 is 32.1. The number of nitrogens with zero attached hydrogens (tertiary/aromatic N) is 4. The van der Waals surface area contributed by atoms with Gasteiger partial charge in [0, 0.05) is 45.1 Å². The molecule has 0 aliphatic carbocycles. The van der Waals surface area contributed by atoms with Gasteiger partial charge in [-0.15, -0.1) is 0 Å². The van der Waals surface area contributed by atoms with Gasteiger partial charge in [-0.1, -0.05) is 18.2 Å². The fourth-order valence-electron chi connectivity index (χ4n) is 2.95. The third-order valence-corrected chi connectivity index (χ3v) is 6.42. The van der Waals surface area contributed by atoms with E-state index in [2.05, 4.69) is 15.3 Å². The van der Waals surface area contributed by atoms with Gasteiger partial charge in [0.1, 0.15) is 5.75 Å². The van der Waals surface area contributed by atoms with Crippen LogP contribution in [0.1, 0.15) is 6.92 Å². The molecular weight excluding hydrogens is 394 g/mol. The molecule has 156 valence electrons. The van der Waals surface area contributed by atoms with Crippen molar-refractivity contribution in [1.82, 2.24) is 19.6 Å². The maximum Gasteiger partial charge on any atom is 0.260 e. The van der Waals surface area contributed by atoms with Crippen LogP contribution in [0.2, 0.25) is 0 Å². The van der Waals surface area contributed by atoms with Gasteiger partial charge >= 0.3 is 0 Å². The molecule has 0 radical (unpaired) electrons. The molecule has 0 spiro atoms. The highest BCUT2D eigenvalue weighted by molar-refractivity contribution is 7.89. The maximum absolute atomic E-state index is 12.6. The lowest BCUT2D eigenvalue weighted by Crippen LogP contribution is -2.50. The first-order valence-corrected chi connectivity index (χ1v) is 11.1. The number of nitrogens with one attached hydrogen (secondary N) is 1. The van der Waals surface area contributed by atoms with Gasteiger partial charge in [-0.25, -0.2) is 18.4 Å². The number of rotatable bonds is 8. The zero-order chi connectivity index (χ0) is 20.7. The number of hydrogen-bond donors (Lipinski definition) is 1. The second kappa shape index (κ2) is 9.66. The topological polar surface area (TPSA) is 105 Å². The number of aromatic nitrogens is 2. The minimum atomic E-state index is -3.46. The molecule has 10 heteroatoms. The summed E-state index contributed by atoms with van der Waals surface area (Å²) in [6, 6.07) is 10.7. The molecule has 0 unspecified atom stereocenters. The maximum atomic E-state index is 12.6. The second-order valence-electron chi connectivity index (χ2n) is 6.62. The number of sulfonamides is 1. The van der Waals surface area contributed by atoms with E-state index in [1.54, 1.807) is 37.5 Å². The minimum Gasteiger partial charge on any atom is -0.481 e. The minimum absolute atomic E-state index is 0.0334. The zero-order valence-corrected chi connectivity index (χ0v) is 17.1. The first-order chi connectivity index (χ1) is 14.0. The number of hydrogen-bond acceptors (Lipinski definition) is 7. The monoisotopic (exact) mass is 419 g/mol. The van der Waals surface area contributed by atoms with E-state index in [9.17, 15) is 13.2 Å². The first-order valence-electron chi connectivity index (χ1n) is 9.45. The molecule has 2 aromatic rings. The Balaban J connectivity index is 1.42. The van der Waals surface area contributed by atoms with E-state index in [-0.39, 0.29) is 18.2 Å². The molecule has 3 rings (SSSR count). The number of benzene rings is 1. The predicted molar refractivity (Wildman–Crippen MR) is 109 cm³/mol. The second-order valence-corrected chi connectivity index (χ2v) is 8.70. The van der Waals surface area contributed by atoms with Gasteiger partial charge in [0.05, 0.1) is 5.75 Å². The van der Waals surface area contributed by atoms with Crippen LogP contribution in [0.15, 0.2) is 48.8 Å². The highest BCUT2D eigenvalue weighted by Gasteiger charge is 2.27. The summed E-state index contributed by atoms with van der Waals surface area (Å²) in [5.41, 5.74) is 0. The summed E-state index contributed by atoms with van der Waals surface area (Å²) in [6.45, 7) is 3.44. The summed E-state index contributed by atoms with van der Waals surface area (Å²) in [5.74, 6) is 0.681. The van der Waals surface area contributed by atoms with Gasteiger partial charge in [0.2, 0.25) is 16.0 Å². The van der Waals surface area contributed by atoms with Crippen LogP contribution in [-0.2, 0) is 14.8 Å². The molecule has 2 heterocycles. The molecule has 1 atom stereocenters. The van der Waals surface area contributed by atoms with Gasteiger partial charge < -0.3 is 15.0 Å². The van der Waals surface area contributed by atoms with E-state index < -0.39 is 16.1 Å². The first kappa shape index (κ1) is 21.0. The average Bonchev–Trinajstić information content (AvgIpc) is 2.75. The van der Waals surface area contributed by atoms with Crippen LogP contribution >= 0.6 is 0 Å². The summed E-state index contributed by atoms with van der Waals surface area (Å²) >= 11 is 0. The molecule has 1 saturated heterocycles. The molecule has 1 aromatic heterocycles. The quantitative estimate of drug-likeness (QED) is 0.665. The van der Waals surface area contributed by atoms with E-state index in [0.29, 0.717) is 37.9 Å². The molecule has 1 amide bonds. The Morgan fingerprint density at radius 3 is 2.41 bits per heavy atom. The van der Waals surface area contributed by atoms with Crippen LogP contribution in [0.3, 0.4) is 0 Å². The normalized spacial score (nSPS) is 16.2. The van der Waals surface area contributed by atoms with Crippen molar-refractivity contribution in [3.63, 3.8) is 0 Å². The van der Waals surface area contributed by atoms with Crippen LogP contribution in [0.25, 0.3) is 0 Å². The van der Waals surface area contributed by atoms with Crippen molar-refractivity contribution in [2.45, 2.75) is 13.0 Å². The van der Waals surface area contributed by atoms with E-state index in [4.69, 9.17) is 4.74 Å². The van der Waals surface area contributed by atoms with Crippen LogP contribution in [0.4, 0.5) is 5.95 Å². The molecule has 1 aliphatic rings. The molecular formula is C19H25N5O4S. The molecule has 29 heavy (non-hydrogen) atoms. The number of anilines is 1. The largest absolute Gasteiger partial charge is 0.481 e. The summed E-state index contributed by atoms with van der Waals surface area (Å²) in [7, 11) is -3.46. The molecule has 1 aromatic carbocycles. The Labute approximate surface area is 170 Å². The molecule has 1 aliphatic heterocycles. The van der Waals surface area contributed by atoms with E-state index >= 15 is 0 Å². The van der Waals surface area contributed by atoms with Crippen LogP contribution < -0.4 is 15.0 Å². The standard InChI is InChI=1S/C19H25N5O4S/c1-16(28-17-6-3-2-4-7-17)18(25)20-10-15-29(26,27)24-13-11-23(12-14-24)19-21-8-5-9-22-19/h2-9,16H,10-15H2,1H3,(H,20,25)/t16-/m0/s1. The summed E-state index contributed by atoms with van der Waals surface area (Å²) in [4.78, 5) is 22.5. The van der Waals surface area contributed by atoms with Crippen molar-refractivity contribution in [3.8, 4) is 5.75 Å². The zero-order valence-electron chi connectivity index (χ0n) is 16.3. The van der Waals surface area contributed by atoms with Crippen molar-refractivity contribution in [1.29, 1.82) is 0 Å². The van der Waals surface area contributed by atoms with Crippen molar-refractivity contribution < 1.29 is 17.9 Å². The molecule has 0 saturated carbocycles. The third-order valence-electron chi connectivity index (χ3n) is 4.55. The van der Waals surface area contributed by atoms with E-state index in [1.807, 2.05) is 23.1 Å². The van der Waals surface area contributed by atoms with Gasteiger partial charge in [-0.3, -0.25) is 4.79 Å². The van der Waals surface area contributed by atoms with Gasteiger partial charge in [0.25, 0.3) is 5.91 Å². The SMILES string of the molecule is C[C@H](Oc1ccccc1)C(=O)NCCS(=O)(=O)N1CCN(c2ncccn2)CC1. The Morgan fingerprint density at radius 1 is 1.10 bits per heavy atom. The van der Waals surface area contributed by atoms with Gasteiger partial charge in [-0.05, 0) is 25.1 Å². The van der Waals surface area contributed by atoms with Crippen molar-refractivity contribution in [2.24, 2.45) is 0 Å². The third kappa shape index (κ3) is 5.88. The Hall–Kier alpha value is -2.72. The van der Waals surface area contributed by atoms with E-state index in [1.165, 1.54) is 4.31 Å². The van der Waals surface area contributed by atoms with Crippen molar-refractivity contribution in [3.05, 3.63) is 48.8 Å². The number of ether oxygens (including phenoxy) is 1. The van der Waals surface area contributed by atoms with Gasteiger partial charge in [0.15, 0.2) is 6.10 Å². The number of amides is 1. The predicted octanol–water partition coefficient (Wildman–Crippen LogP) is 0.512. The summed E-state index contributed by atoms with van der Waals surface area (Å²) in [5, 5.41) is 2.63. The van der Waals surface area contributed by atoms with Crippen molar-refractivity contribution >= 4 is 21.9 Å². The van der Waals surface area contributed by atoms with Crippen molar-refractivity contribution in [2.75, 3.05) is 43.4 Å². The van der Waals surface area contributed by atoms with E-state index in [0.717, 1.165) is 0 Å². The highest BCUT2D eigenvalue weighted by atomic mass is 32.2. The molecule has 9 nitrogen and oxygen atoms in total. The lowest BCUT2D eigenvalue weighted by molar-refractivity contribution is -0.127. The number of carbonyl (C=O) groups excluding carboxylic acids is 1. The Bertz CT molecular complexity index is 887. The van der Waals surface area contributed by atoms with Gasteiger partial charge in [-0.2, -0.15) is 4.31 Å². The fraction of sp³-hybridized carbons (Fsp3) is 0.421. The number of carbonyl (C=O) groups is 1. The Morgan fingerprint density at radius 2 is 1.76 bits per heavy atom. The lowest BCUT2D eigenvalue weighted by Gasteiger charge is -2.33. The lowest BCUT2D eigenvalue weighted by atomic mass is 10.3. The van der Waals surface area contributed by atoms with Crippen LogP contribution in [-0.4, -0.2) is 73.2 Å². The highest BCUT2D eigenvalue weighted by Crippen LogP contribution is 2.13. The molecule has 1 N–H and O–H groups in total. The number of para-hydroxylation sites is 1. The molecule has 0 bridgehead atoms. The van der Waals surface area contributed by atoms with Crippen LogP contribution in [0, 0.1) is 0 Å². The molecule has 1 fully saturated rings. The fourth-order valence-corrected chi connectivity index (χ4v) is 4.29. The average molecular weight is 420 g/mol. The summed E-state index contributed by atoms with van der Waals surface area (Å²) in [6.07, 6.45) is 2.61. The smallest absolute Gasteiger partial charge is 0.260 e.